The highest BCUT2D eigenvalue weighted by atomic mass is 35.5. The van der Waals surface area contributed by atoms with E-state index in [0.717, 1.165) is 29.3 Å². The van der Waals surface area contributed by atoms with Gasteiger partial charge in [-0.25, -0.2) is 18.4 Å². The average Bonchev–Trinajstić information content (AvgIpc) is 3.32. The van der Waals surface area contributed by atoms with Crippen molar-refractivity contribution in [1.82, 2.24) is 19.4 Å². The highest BCUT2D eigenvalue weighted by Gasteiger charge is 2.24. The van der Waals surface area contributed by atoms with Crippen LogP contribution in [-0.4, -0.2) is 46.8 Å². The fraction of sp³-hybridized carbons (Fsp3) is 0.269. The monoisotopic (exact) mass is 523 g/mol. The number of amides is 1. The Morgan fingerprint density at radius 2 is 1.83 bits per heavy atom. The number of anilines is 1. The summed E-state index contributed by atoms with van der Waals surface area (Å²) in [5, 5.41) is 1.76. The van der Waals surface area contributed by atoms with Crippen LogP contribution in [0.1, 0.15) is 30.7 Å². The zero-order valence-electron chi connectivity index (χ0n) is 19.5. The Balaban J connectivity index is 1.15. The molecule has 1 amide bonds. The maximum absolute atomic E-state index is 12.9. The Bertz CT molecular complexity index is 1460. The van der Waals surface area contributed by atoms with Gasteiger partial charge in [0.25, 0.3) is 10.0 Å². The van der Waals surface area contributed by atoms with Gasteiger partial charge in [0.15, 0.2) is 0 Å². The summed E-state index contributed by atoms with van der Waals surface area (Å²) in [6, 6.07) is 16.3. The number of aromatic nitrogens is 3. The van der Waals surface area contributed by atoms with Crippen LogP contribution >= 0.6 is 11.6 Å². The van der Waals surface area contributed by atoms with Gasteiger partial charge in [-0.05, 0) is 54.7 Å². The number of hydrogen-bond acceptors (Lipinski definition) is 5. The molecule has 0 saturated carbocycles. The summed E-state index contributed by atoms with van der Waals surface area (Å²) < 4.78 is 29.7. The van der Waals surface area contributed by atoms with E-state index in [9.17, 15) is 13.2 Å². The van der Waals surface area contributed by atoms with Gasteiger partial charge < -0.3 is 9.47 Å². The third-order valence-corrected chi connectivity index (χ3v) is 8.31. The molecular formula is C26H26ClN5O3S. The number of hydrogen-bond donors (Lipinski definition) is 1. The van der Waals surface area contributed by atoms with Gasteiger partial charge in [-0.3, -0.25) is 9.52 Å². The zero-order chi connectivity index (χ0) is 25.1. The molecule has 0 unspecified atom stereocenters. The first-order chi connectivity index (χ1) is 17.4. The number of aryl methyl sites for hydroxylation is 1. The first kappa shape index (κ1) is 24.3. The van der Waals surface area contributed by atoms with Crippen LogP contribution in [0.25, 0.3) is 10.9 Å². The summed E-state index contributed by atoms with van der Waals surface area (Å²) in [4.78, 5) is 22.7. The van der Waals surface area contributed by atoms with Crippen molar-refractivity contribution in [2.75, 3.05) is 17.8 Å². The number of carbonyl (C=O) groups excluding carboxylic acids is 1. The smallest absolute Gasteiger partial charge is 0.263 e. The number of likely N-dealkylation sites (tertiary alicyclic amines) is 1. The molecule has 4 aromatic rings. The summed E-state index contributed by atoms with van der Waals surface area (Å²) in [5.41, 5.74) is 2.04. The number of fused-ring (bicyclic) bond motifs is 1. The van der Waals surface area contributed by atoms with Gasteiger partial charge in [-0.1, -0.05) is 35.9 Å². The Kier molecular flexibility index (Phi) is 6.93. The van der Waals surface area contributed by atoms with Crippen LogP contribution in [0, 0.1) is 0 Å². The predicted octanol–water partition coefficient (Wildman–Crippen LogP) is 4.68. The quantitative estimate of drug-likeness (QED) is 0.379. The van der Waals surface area contributed by atoms with E-state index in [1.807, 2.05) is 52.1 Å². The number of sulfonamides is 1. The van der Waals surface area contributed by atoms with Crippen molar-refractivity contribution in [2.45, 2.75) is 36.6 Å². The van der Waals surface area contributed by atoms with E-state index in [0.29, 0.717) is 31.1 Å². The molecule has 2 aromatic heterocycles. The van der Waals surface area contributed by atoms with Gasteiger partial charge in [0, 0.05) is 43.8 Å². The number of halogens is 1. The number of para-hydroxylation sites is 1. The van der Waals surface area contributed by atoms with Crippen molar-refractivity contribution >= 4 is 44.3 Å². The second-order valence-electron chi connectivity index (χ2n) is 8.86. The third-order valence-electron chi connectivity index (χ3n) is 6.64. The van der Waals surface area contributed by atoms with Crippen LogP contribution in [0.15, 0.2) is 78.2 Å². The number of benzene rings is 2. The van der Waals surface area contributed by atoms with E-state index < -0.39 is 10.0 Å². The third kappa shape index (κ3) is 5.22. The Morgan fingerprint density at radius 3 is 2.56 bits per heavy atom. The highest BCUT2D eigenvalue weighted by molar-refractivity contribution is 7.92. The Labute approximate surface area is 215 Å². The van der Waals surface area contributed by atoms with Crippen molar-refractivity contribution in [3.05, 3.63) is 83.9 Å². The standard InChI is InChI=1S/C26H26ClN5O3S/c27-23-3-1-2-21-11-16-32(26(21)23)17-12-25(33)31-14-9-20(10-15-31)19-4-6-22(7-5-19)36(34,35)30-24-8-13-28-18-29-24/h1-8,11,13,16,18,20H,9-10,12,14-15,17H2,(H,28,29,30). The van der Waals surface area contributed by atoms with Gasteiger partial charge in [-0.15, -0.1) is 0 Å². The number of nitrogens with zero attached hydrogens (tertiary/aromatic N) is 4. The fourth-order valence-corrected chi connectivity index (χ4v) is 6.00. The van der Waals surface area contributed by atoms with Crippen LogP contribution in [0.2, 0.25) is 5.02 Å². The molecule has 1 N–H and O–H groups in total. The average molecular weight is 524 g/mol. The normalized spacial score (nSPS) is 14.8. The summed E-state index contributed by atoms with van der Waals surface area (Å²) in [6.45, 7) is 1.96. The summed E-state index contributed by atoms with van der Waals surface area (Å²) >= 11 is 6.35. The fourth-order valence-electron chi connectivity index (χ4n) is 4.70. The van der Waals surface area contributed by atoms with Gasteiger partial charge >= 0.3 is 0 Å². The molecule has 5 rings (SSSR count). The van der Waals surface area contributed by atoms with Crippen LogP contribution in [0.4, 0.5) is 5.82 Å². The molecule has 10 heteroatoms. The SMILES string of the molecule is O=C(CCn1ccc2cccc(Cl)c21)N1CCC(c2ccc(S(=O)(=O)Nc3ccncn3)cc2)CC1. The second kappa shape index (κ2) is 10.3. The lowest BCUT2D eigenvalue weighted by Crippen LogP contribution is -2.38. The molecule has 2 aromatic carbocycles. The molecule has 0 atom stereocenters. The summed E-state index contributed by atoms with van der Waals surface area (Å²) in [5.74, 6) is 0.645. The van der Waals surface area contributed by atoms with E-state index in [2.05, 4.69) is 14.7 Å². The molecule has 1 saturated heterocycles. The van der Waals surface area contributed by atoms with Gasteiger partial charge in [-0.2, -0.15) is 0 Å². The van der Waals surface area contributed by atoms with Gasteiger partial charge in [0.2, 0.25) is 5.91 Å². The molecule has 3 heterocycles. The lowest BCUT2D eigenvalue weighted by atomic mass is 9.89. The van der Waals surface area contributed by atoms with Crippen molar-refractivity contribution < 1.29 is 13.2 Å². The predicted molar refractivity (Wildman–Crippen MR) is 139 cm³/mol. The number of carbonyl (C=O) groups is 1. The number of rotatable bonds is 7. The molecule has 0 spiro atoms. The van der Waals surface area contributed by atoms with E-state index in [4.69, 9.17) is 11.6 Å². The molecule has 8 nitrogen and oxygen atoms in total. The van der Waals surface area contributed by atoms with E-state index in [1.54, 1.807) is 12.1 Å². The molecule has 1 aliphatic rings. The molecule has 186 valence electrons. The highest BCUT2D eigenvalue weighted by Crippen LogP contribution is 2.30. The van der Waals surface area contributed by atoms with Crippen molar-refractivity contribution in [2.24, 2.45) is 0 Å². The van der Waals surface area contributed by atoms with E-state index in [-0.39, 0.29) is 22.5 Å². The van der Waals surface area contributed by atoms with E-state index in [1.165, 1.54) is 18.6 Å². The Morgan fingerprint density at radius 1 is 1.06 bits per heavy atom. The molecular weight excluding hydrogens is 498 g/mol. The van der Waals surface area contributed by atoms with Crippen LogP contribution in [0.5, 0.6) is 0 Å². The number of piperidine rings is 1. The second-order valence-corrected chi connectivity index (χ2v) is 11.0. The first-order valence-corrected chi connectivity index (χ1v) is 13.7. The minimum atomic E-state index is -3.73. The first-order valence-electron chi connectivity index (χ1n) is 11.8. The largest absolute Gasteiger partial charge is 0.346 e. The zero-order valence-corrected chi connectivity index (χ0v) is 21.1. The Hall–Kier alpha value is -3.43. The minimum absolute atomic E-state index is 0.139. The maximum Gasteiger partial charge on any atom is 0.263 e. The van der Waals surface area contributed by atoms with Crippen molar-refractivity contribution in [1.29, 1.82) is 0 Å². The maximum atomic E-state index is 12.9. The minimum Gasteiger partial charge on any atom is -0.346 e. The molecule has 1 aliphatic heterocycles. The van der Waals surface area contributed by atoms with Crippen molar-refractivity contribution in [3.63, 3.8) is 0 Å². The molecule has 0 aliphatic carbocycles. The van der Waals surface area contributed by atoms with Crippen LogP contribution < -0.4 is 4.72 Å². The topological polar surface area (TPSA) is 97.2 Å². The van der Waals surface area contributed by atoms with Gasteiger partial charge in [0.1, 0.15) is 12.1 Å². The molecule has 36 heavy (non-hydrogen) atoms. The summed E-state index contributed by atoms with van der Waals surface area (Å²) in [6.07, 6.45) is 6.85. The molecule has 0 bridgehead atoms. The summed E-state index contributed by atoms with van der Waals surface area (Å²) in [7, 11) is -3.73. The molecule has 1 fully saturated rings. The van der Waals surface area contributed by atoms with Crippen LogP contribution in [0.3, 0.4) is 0 Å². The lowest BCUT2D eigenvalue weighted by molar-refractivity contribution is -0.132. The van der Waals surface area contributed by atoms with Crippen LogP contribution in [-0.2, 0) is 21.4 Å². The number of nitrogens with one attached hydrogen (secondary N) is 1. The molecule has 0 radical (unpaired) electrons. The van der Waals surface area contributed by atoms with E-state index >= 15 is 0 Å². The van der Waals surface area contributed by atoms with Gasteiger partial charge in [0.05, 0.1) is 15.4 Å². The lowest BCUT2D eigenvalue weighted by Gasteiger charge is -2.32. The van der Waals surface area contributed by atoms with Crippen molar-refractivity contribution in [3.8, 4) is 0 Å².